The lowest BCUT2D eigenvalue weighted by Crippen LogP contribution is -2.21. The van der Waals surface area contributed by atoms with Crippen LogP contribution in [-0.2, 0) is 14.3 Å². The van der Waals surface area contributed by atoms with Crippen LogP contribution < -0.4 is 0 Å². The van der Waals surface area contributed by atoms with E-state index in [1.807, 2.05) is 30.3 Å². The molecule has 1 aliphatic heterocycles. The Morgan fingerprint density at radius 2 is 1.93 bits per heavy atom. The van der Waals surface area contributed by atoms with Crippen molar-refractivity contribution in [2.75, 3.05) is 5.75 Å². The van der Waals surface area contributed by atoms with Gasteiger partial charge >= 0.3 is 0 Å². The zero-order valence-corrected chi connectivity index (χ0v) is 8.53. The Morgan fingerprint density at radius 3 is 2.57 bits per heavy atom. The summed E-state index contributed by atoms with van der Waals surface area (Å²) in [7, 11) is -3.28. The molecule has 0 radical (unpaired) electrons. The van der Waals surface area contributed by atoms with Gasteiger partial charge in [-0.15, -0.1) is 0 Å². The van der Waals surface area contributed by atoms with Gasteiger partial charge in [-0.2, -0.15) is 8.42 Å². The van der Waals surface area contributed by atoms with Crippen LogP contribution in [0.5, 0.6) is 0 Å². The third kappa shape index (κ3) is 2.13. The van der Waals surface area contributed by atoms with E-state index in [1.165, 1.54) is 0 Å². The molecule has 3 nitrogen and oxygen atoms in total. The standard InChI is InChI=1S/C10H12O3S/c11-14(12)8-4-7-10(13-14)9-5-2-1-3-6-9/h1-3,5-6,10H,4,7-8H2. The molecule has 76 valence electrons. The maximum atomic E-state index is 11.2. The molecule has 1 unspecified atom stereocenters. The molecular weight excluding hydrogens is 200 g/mol. The van der Waals surface area contributed by atoms with E-state index in [-0.39, 0.29) is 11.9 Å². The highest BCUT2D eigenvalue weighted by atomic mass is 32.2. The maximum Gasteiger partial charge on any atom is 0.267 e. The van der Waals surface area contributed by atoms with Gasteiger partial charge in [0.2, 0.25) is 0 Å². The smallest absolute Gasteiger partial charge is 0.262 e. The molecule has 1 saturated heterocycles. The quantitative estimate of drug-likeness (QED) is 0.667. The Morgan fingerprint density at radius 1 is 1.21 bits per heavy atom. The Labute approximate surface area is 83.8 Å². The molecule has 0 N–H and O–H groups in total. The molecule has 1 aromatic carbocycles. The fraction of sp³-hybridized carbons (Fsp3) is 0.400. The first-order valence-electron chi connectivity index (χ1n) is 4.63. The molecular formula is C10H12O3S. The summed E-state index contributed by atoms with van der Waals surface area (Å²) >= 11 is 0. The van der Waals surface area contributed by atoms with E-state index in [4.69, 9.17) is 4.18 Å². The second kappa shape index (κ2) is 3.71. The normalized spacial score (nSPS) is 25.9. The predicted octanol–water partition coefficient (Wildman–Crippen LogP) is 1.87. The number of rotatable bonds is 1. The molecule has 0 spiro atoms. The lowest BCUT2D eigenvalue weighted by molar-refractivity contribution is 0.186. The summed E-state index contributed by atoms with van der Waals surface area (Å²) < 4.78 is 27.5. The first-order valence-corrected chi connectivity index (χ1v) is 6.21. The van der Waals surface area contributed by atoms with Crippen LogP contribution in [0.4, 0.5) is 0 Å². The number of hydrogen-bond donors (Lipinski definition) is 0. The molecule has 1 atom stereocenters. The second-order valence-electron chi connectivity index (χ2n) is 3.40. The molecule has 1 aromatic rings. The average Bonchev–Trinajstić information content (AvgIpc) is 2.18. The van der Waals surface area contributed by atoms with Crippen LogP contribution in [0.1, 0.15) is 24.5 Å². The summed E-state index contributed by atoms with van der Waals surface area (Å²) in [5.41, 5.74) is 0.941. The summed E-state index contributed by atoms with van der Waals surface area (Å²) in [5, 5.41) is 0. The van der Waals surface area contributed by atoms with Crippen LogP contribution in [0.3, 0.4) is 0 Å². The van der Waals surface area contributed by atoms with E-state index in [0.717, 1.165) is 12.0 Å². The van der Waals surface area contributed by atoms with Gasteiger partial charge in [0, 0.05) is 0 Å². The zero-order valence-electron chi connectivity index (χ0n) is 7.72. The highest BCUT2D eigenvalue weighted by Gasteiger charge is 2.26. The van der Waals surface area contributed by atoms with E-state index < -0.39 is 10.1 Å². The molecule has 14 heavy (non-hydrogen) atoms. The van der Waals surface area contributed by atoms with E-state index in [9.17, 15) is 8.42 Å². The van der Waals surface area contributed by atoms with Gasteiger partial charge in [0.15, 0.2) is 0 Å². The molecule has 0 saturated carbocycles. The van der Waals surface area contributed by atoms with E-state index in [0.29, 0.717) is 6.42 Å². The van der Waals surface area contributed by atoms with Crippen molar-refractivity contribution in [3.05, 3.63) is 35.9 Å². The minimum Gasteiger partial charge on any atom is -0.262 e. The minimum absolute atomic E-state index is 0.149. The Bertz CT molecular complexity index is 397. The van der Waals surface area contributed by atoms with Crippen LogP contribution in [0.25, 0.3) is 0 Å². The largest absolute Gasteiger partial charge is 0.267 e. The van der Waals surface area contributed by atoms with Gasteiger partial charge in [-0.25, -0.2) is 0 Å². The highest BCUT2D eigenvalue weighted by molar-refractivity contribution is 7.86. The van der Waals surface area contributed by atoms with Crippen LogP contribution in [0.2, 0.25) is 0 Å². The number of benzene rings is 1. The summed E-state index contributed by atoms with van der Waals surface area (Å²) in [6.45, 7) is 0. The van der Waals surface area contributed by atoms with E-state index in [1.54, 1.807) is 0 Å². The topological polar surface area (TPSA) is 43.4 Å². The van der Waals surface area contributed by atoms with Crippen LogP contribution >= 0.6 is 0 Å². The van der Waals surface area contributed by atoms with Crippen molar-refractivity contribution in [3.8, 4) is 0 Å². The fourth-order valence-electron chi connectivity index (χ4n) is 1.61. The van der Waals surface area contributed by atoms with Crippen molar-refractivity contribution in [3.63, 3.8) is 0 Å². The lowest BCUT2D eigenvalue weighted by Gasteiger charge is -2.22. The zero-order chi connectivity index (χ0) is 10.0. The van der Waals surface area contributed by atoms with E-state index >= 15 is 0 Å². The van der Waals surface area contributed by atoms with Gasteiger partial charge in [0.1, 0.15) is 6.10 Å². The maximum absolute atomic E-state index is 11.2. The molecule has 0 aromatic heterocycles. The van der Waals surface area contributed by atoms with Crippen molar-refractivity contribution in [1.29, 1.82) is 0 Å². The first kappa shape index (κ1) is 9.68. The van der Waals surface area contributed by atoms with Crippen LogP contribution in [0.15, 0.2) is 30.3 Å². The first-order chi connectivity index (χ1) is 6.67. The van der Waals surface area contributed by atoms with Crippen molar-refractivity contribution in [1.82, 2.24) is 0 Å². The van der Waals surface area contributed by atoms with Gasteiger partial charge in [-0.1, -0.05) is 30.3 Å². The summed E-state index contributed by atoms with van der Waals surface area (Å²) in [6, 6.07) is 9.47. The lowest BCUT2D eigenvalue weighted by atomic mass is 10.1. The molecule has 1 fully saturated rings. The predicted molar refractivity (Wildman–Crippen MR) is 53.3 cm³/mol. The Balaban J connectivity index is 2.21. The van der Waals surface area contributed by atoms with Gasteiger partial charge < -0.3 is 0 Å². The summed E-state index contributed by atoms with van der Waals surface area (Å²) in [5.74, 6) is 0.149. The van der Waals surface area contributed by atoms with Crippen molar-refractivity contribution in [2.45, 2.75) is 18.9 Å². The minimum atomic E-state index is -3.28. The molecule has 0 aliphatic carbocycles. The fourth-order valence-corrected chi connectivity index (χ4v) is 2.79. The van der Waals surface area contributed by atoms with Crippen LogP contribution in [-0.4, -0.2) is 14.2 Å². The second-order valence-corrected chi connectivity index (χ2v) is 5.12. The van der Waals surface area contributed by atoms with Crippen molar-refractivity contribution in [2.24, 2.45) is 0 Å². The summed E-state index contributed by atoms with van der Waals surface area (Å²) in [4.78, 5) is 0. The van der Waals surface area contributed by atoms with Crippen LogP contribution in [0, 0.1) is 0 Å². The average molecular weight is 212 g/mol. The molecule has 0 bridgehead atoms. The third-order valence-electron chi connectivity index (χ3n) is 2.29. The third-order valence-corrected chi connectivity index (χ3v) is 3.61. The number of hydrogen-bond acceptors (Lipinski definition) is 3. The molecule has 1 heterocycles. The SMILES string of the molecule is O=S1(=O)CCCC(c2ccccc2)O1. The molecule has 2 rings (SSSR count). The summed E-state index contributed by atoms with van der Waals surface area (Å²) in [6.07, 6.45) is 1.18. The molecule has 0 amide bonds. The van der Waals surface area contributed by atoms with Crippen molar-refractivity contribution < 1.29 is 12.6 Å². The highest BCUT2D eigenvalue weighted by Crippen LogP contribution is 2.29. The Kier molecular flexibility index (Phi) is 2.56. The van der Waals surface area contributed by atoms with Gasteiger partial charge in [0.25, 0.3) is 10.1 Å². The van der Waals surface area contributed by atoms with Gasteiger partial charge in [0.05, 0.1) is 5.75 Å². The van der Waals surface area contributed by atoms with Crippen molar-refractivity contribution >= 4 is 10.1 Å². The monoisotopic (exact) mass is 212 g/mol. The van der Waals surface area contributed by atoms with E-state index in [2.05, 4.69) is 0 Å². The molecule has 1 aliphatic rings. The van der Waals surface area contributed by atoms with Gasteiger partial charge in [-0.05, 0) is 18.4 Å². The Hall–Kier alpha value is -0.870. The van der Waals surface area contributed by atoms with Gasteiger partial charge in [-0.3, -0.25) is 4.18 Å². The molecule has 4 heteroatoms.